The minimum atomic E-state index is -0.0428. The average molecular weight is 295 g/mol. The zero-order valence-corrected chi connectivity index (χ0v) is 13.0. The van der Waals surface area contributed by atoms with Gasteiger partial charge in [-0.2, -0.15) is 11.8 Å². The van der Waals surface area contributed by atoms with Gasteiger partial charge in [0.15, 0.2) is 0 Å². The third-order valence-corrected chi connectivity index (χ3v) is 5.19. The second-order valence-corrected chi connectivity index (χ2v) is 7.07. The van der Waals surface area contributed by atoms with Gasteiger partial charge in [-0.3, -0.25) is 0 Å². The van der Waals surface area contributed by atoms with Gasteiger partial charge in [-0.25, -0.2) is 4.98 Å². The van der Waals surface area contributed by atoms with E-state index in [1.165, 1.54) is 35.4 Å². The van der Waals surface area contributed by atoms with Crippen molar-refractivity contribution >= 4 is 34.4 Å². The van der Waals surface area contributed by atoms with Gasteiger partial charge in [0.25, 0.3) is 0 Å². The average Bonchev–Trinajstić information content (AvgIpc) is 2.81. The number of hydrogen-bond donors (Lipinski definition) is 0. The van der Waals surface area contributed by atoms with Crippen LogP contribution in [0.25, 0.3) is 11.0 Å². The number of aryl methyl sites for hydroxylation is 1. The summed E-state index contributed by atoms with van der Waals surface area (Å²) in [5.41, 5.74) is 3.65. The molecule has 2 atom stereocenters. The van der Waals surface area contributed by atoms with E-state index in [1.54, 1.807) is 0 Å². The third-order valence-electron chi connectivity index (χ3n) is 3.80. The molecule has 19 heavy (non-hydrogen) atoms. The summed E-state index contributed by atoms with van der Waals surface area (Å²) in [5, 5.41) is -0.0428. The Kier molecular flexibility index (Phi) is 3.77. The molecule has 102 valence electrons. The van der Waals surface area contributed by atoms with Crippen molar-refractivity contribution in [3.8, 4) is 0 Å². The lowest BCUT2D eigenvalue weighted by atomic mass is 10.1. The Balaban J connectivity index is 2.20. The van der Waals surface area contributed by atoms with Crippen LogP contribution >= 0.6 is 23.4 Å². The van der Waals surface area contributed by atoms with Gasteiger partial charge < -0.3 is 4.57 Å². The normalized spacial score (nSPS) is 21.7. The van der Waals surface area contributed by atoms with Gasteiger partial charge in [-0.05, 0) is 44.1 Å². The number of thioether (sulfide) groups is 1. The first-order valence-electron chi connectivity index (χ1n) is 6.87. The van der Waals surface area contributed by atoms with Crippen LogP contribution in [0.15, 0.2) is 18.2 Å². The number of fused-ring (bicyclic) bond motifs is 1. The molecular weight excluding hydrogens is 276 g/mol. The molecular formula is C15H19ClN2S. The van der Waals surface area contributed by atoms with Crippen LogP contribution in [0, 0.1) is 6.92 Å². The molecule has 0 aliphatic carbocycles. The fraction of sp³-hybridized carbons (Fsp3) is 0.533. The van der Waals surface area contributed by atoms with Crippen LogP contribution < -0.4 is 0 Å². The summed E-state index contributed by atoms with van der Waals surface area (Å²) in [4.78, 5) is 4.77. The smallest absolute Gasteiger partial charge is 0.128 e. The van der Waals surface area contributed by atoms with Crippen molar-refractivity contribution in [3.63, 3.8) is 0 Å². The molecule has 1 aromatic heterocycles. The van der Waals surface area contributed by atoms with Gasteiger partial charge in [-0.15, -0.1) is 11.6 Å². The molecule has 2 nitrogen and oxygen atoms in total. The Hall–Kier alpha value is -0.670. The first-order chi connectivity index (χ1) is 9.18. The van der Waals surface area contributed by atoms with E-state index in [2.05, 4.69) is 29.7 Å². The molecule has 1 aliphatic rings. The highest BCUT2D eigenvalue weighted by Gasteiger charge is 2.24. The maximum absolute atomic E-state index is 6.36. The Bertz CT molecular complexity index is 585. The summed E-state index contributed by atoms with van der Waals surface area (Å²) in [7, 11) is 0. The second-order valence-electron chi connectivity index (χ2n) is 5.27. The van der Waals surface area contributed by atoms with E-state index in [1.807, 2.05) is 18.7 Å². The summed E-state index contributed by atoms with van der Waals surface area (Å²) in [6, 6.07) is 6.88. The quantitative estimate of drug-likeness (QED) is 0.746. The molecule has 0 radical (unpaired) electrons. The highest BCUT2D eigenvalue weighted by molar-refractivity contribution is 7.99. The highest BCUT2D eigenvalue weighted by Crippen LogP contribution is 2.35. The number of benzene rings is 1. The molecule has 0 bridgehead atoms. The van der Waals surface area contributed by atoms with Crippen molar-refractivity contribution in [1.82, 2.24) is 9.55 Å². The topological polar surface area (TPSA) is 17.8 Å². The van der Waals surface area contributed by atoms with Gasteiger partial charge in [0.2, 0.25) is 0 Å². The minimum absolute atomic E-state index is 0.0428. The number of alkyl halides is 1. The van der Waals surface area contributed by atoms with Crippen LogP contribution in [0.3, 0.4) is 0 Å². The first-order valence-corrected chi connectivity index (χ1v) is 8.47. The van der Waals surface area contributed by atoms with Crippen LogP contribution in [0.4, 0.5) is 0 Å². The number of para-hydroxylation sites is 1. The summed E-state index contributed by atoms with van der Waals surface area (Å²) in [6.45, 7) is 4.18. The van der Waals surface area contributed by atoms with Gasteiger partial charge in [0.1, 0.15) is 5.82 Å². The largest absolute Gasteiger partial charge is 0.323 e. The first kappa shape index (κ1) is 13.3. The molecule has 1 saturated heterocycles. The molecule has 2 heterocycles. The molecule has 3 rings (SSSR count). The lowest BCUT2D eigenvalue weighted by molar-refractivity contribution is 0.493. The van der Waals surface area contributed by atoms with E-state index in [0.29, 0.717) is 6.04 Å². The van der Waals surface area contributed by atoms with Crippen LogP contribution in [0.2, 0.25) is 0 Å². The Labute approximate surface area is 123 Å². The van der Waals surface area contributed by atoms with Crippen molar-refractivity contribution in [1.29, 1.82) is 0 Å². The molecule has 1 aromatic carbocycles. The van der Waals surface area contributed by atoms with Crippen molar-refractivity contribution in [2.45, 2.75) is 38.1 Å². The fourth-order valence-corrected chi connectivity index (χ4v) is 4.20. The van der Waals surface area contributed by atoms with Crippen LogP contribution in [0.5, 0.6) is 0 Å². The Morgan fingerprint density at radius 2 is 2.32 bits per heavy atom. The molecule has 0 spiro atoms. The number of rotatable bonds is 2. The summed E-state index contributed by atoms with van der Waals surface area (Å²) < 4.78 is 2.41. The Morgan fingerprint density at radius 1 is 1.47 bits per heavy atom. The van der Waals surface area contributed by atoms with Crippen molar-refractivity contribution < 1.29 is 0 Å². The number of hydrogen-bond acceptors (Lipinski definition) is 2. The molecule has 1 fully saturated rings. The van der Waals surface area contributed by atoms with Crippen LogP contribution in [-0.2, 0) is 0 Å². The van der Waals surface area contributed by atoms with Gasteiger partial charge in [-0.1, -0.05) is 12.1 Å². The lowest BCUT2D eigenvalue weighted by Gasteiger charge is -2.26. The second kappa shape index (κ2) is 5.37. The lowest BCUT2D eigenvalue weighted by Crippen LogP contribution is -2.19. The van der Waals surface area contributed by atoms with E-state index in [-0.39, 0.29) is 5.38 Å². The zero-order chi connectivity index (χ0) is 13.4. The van der Waals surface area contributed by atoms with E-state index in [9.17, 15) is 0 Å². The number of halogens is 1. The van der Waals surface area contributed by atoms with Crippen LogP contribution in [0.1, 0.15) is 42.6 Å². The van der Waals surface area contributed by atoms with Gasteiger partial charge in [0, 0.05) is 11.8 Å². The maximum atomic E-state index is 6.36. The predicted octanol–water partition coefficient (Wildman–Crippen LogP) is 4.71. The standard InChI is InChI=1S/C15H19ClN2S/c1-10-5-3-7-13-14(10)18(15(17-13)11(2)16)12-6-4-8-19-9-12/h3,5,7,11-12H,4,6,8-9H2,1-2H3. The van der Waals surface area contributed by atoms with E-state index >= 15 is 0 Å². The number of imidazole rings is 1. The predicted molar refractivity (Wildman–Crippen MR) is 84.3 cm³/mol. The van der Waals surface area contributed by atoms with Crippen molar-refractivity contribution in [3.05, 3.63) is 29.6 Å². The fourth-order valence-electron chi connectivity index (χ4n) is 2.92. The molecule has 1 aliphatic heterocycles. The third kappa shape index (κ3) is 2.38. The van der Waals surface area contributed by atoms with Crippen LogP contribution in [-0.4, -0.2) is 21.1 Å². The minimum Gasteiger partial charge on any atom is -0.323 e. The molecule has 0 saturated carbocycles. The molecule has 2 aromatic rings. The van der Waals surface area contributed by atoms with E-state index < -0.39 is 0 Å². The summed E-state index contributed by atoms with van der Waals surface area (Å²) in [5.74, 6) is 3.49. The maximum Gasteiger partial charge on any atom is 0.128 e. The SMILES string of the molecule is Cc1cccc2nc(C(C)Cl)n(C3CCCSC3)c12. The highest BCUT2D eigenvalue weighted by atomic mass is 35.5. The van der Waals surface area contributed by atoms with Gasteiger partial charge >= 0.3 is 0 Å². The molecule has 0 amide bonds. The van der Waals surface area contributed by atoms with E-state index in [4.69, 9.17) is 16.6 Å². The van der Waals surface area contributed by atoms with Gasteiger partial charge in [0.05, 0.1) is 16.4 Å². The molecule has 2 unspecified atom stereocenters. The summed E-state index contributed by atoms with van der Waals surface area (Å²) >= 11 is 8.41. The Morgan fingerprint density at radius 3 is 3.00 bits per heavy atom. The monoisotopic (exact) mass is 294 g/mol. The summed E-state index contributed by atoms with van der Waals surface area (Å²) in [6.07, 6.45) is 2.53. The van der Waals surface area contributed by atoms with Crippen molar-refractivity contribution in [2.24, 2.45) is 0 Å². The zero-order valence-electron chi connectivity index (χ0n) is 11.4. The molecule has 4 heteroatoms. The van der Waals surface area contributed by atoms with Crippen molar-refractivity contribution in [2.75, 3.05) is 11.5 Å². The number of aromatic nitrogens is 2. The van der Waals surface area contributed by atoms with E-state index in [0.717, 1.165) is 11.3 Å². The molecule has 0 N–H and O–H groups in total. The number of nitrogens with zero attached hydrogens (tertiary/aromatic N) is 2.